The van der Waals surface area contributed by atoms with Gasteiger partial charge in [-0.25, -0.2) is 0 Å². The van der Waals surface area contributed by atoms with Crippen LogP contribution in [0.5, 0.6) is 16.7 Å². The minimum absolute atomic E-state index is 0.148. The molecule has 0 fully saturated rings. The second-order valence-corrected chi connectivity index (χ2v) is 8.98. The Kier molecular flexibility index (Phi) is 6.53. The summed E-state index contributed by atoms with van der Waals surface area (Å²) in [6, 6.07) is 23.8. The first kappa shape index (κ1) is 22.1. The zero-order chi connectivity index (χ0) is 23.3. The van der Waals surface area contributed by atoms with Gasteiger partial charge in [0.15, 0.2) is 5.82 Å². The van der Waals surface area contributed by atoms with Crippen molar-refractivity contribution in [3.63, 3.8) is 0 Å². The molecule has 0 saturated carbocycles. The van der Waals surface area contributed by atoms with Gasteiger partial charge in [0, 0.05) is 31.0 Å². The van der Waals surface area contributed by atoms with Crippen molar-refractivity contribution in [3.05, 3.63) is 101 Å². The Morgan fingerprint density at radius 3 is 2.62 bits per heavy atom. The Morgan fingerprint density at radius 2 is 1.79 bits per heavy atom. The van der Waals surface area contributed by atoms with Crippen LogP contribution in [-0.4, -0.2) is 33.8 Å². The minimum Gasteiger partial charge on any atom is -0.497 e. The fraction of sp³-hybridized carbons (Fsp3) is 0.222. The van der Waals surface area contributed by atoms with E-state index in [9.17, 15) is 4.79 Å². The van der Waals surface area contributed by atoms with Crippen molar-refractivity contribution in [1.82, 2.24) is 14.3 Å². The summed E-state index contributed by atoms with van der Waals surface area (Å²) in [7, 11) is 1.65. The minimum atomic E-state index is 0.148. The summed E-state index contributed by atoms with van der Waals surface area (Å²) in [5, 5.41) is 0.494. The number of nitrogens with zero attached hydrogens (tertiary/aromatic N) is 3. The van der Waals surface area contributed by atoms with E-state index >= 15 is 0 Å². The monoisotopic (exact) mass is 471 g/mol. The van der Waals surface area contributed by atoms with E-state index in [1.165, 1.54) is 22.7 Å². The van der Waals surface area contributed by atoms with Gasteiger partial charge in [-0.3, -0.25) is 4.79 Å². The van der Waals surface area contributed by atoms with Crippen molar-refractivity contribution in [2.24, 2.45) is 0 Å². The molecule has 1 aliphatic rings. The predicted octanol–water partition coefficient (Wildman–Crippen LogP) is 5.06. The van der Waals surface area contributed by atoms with Gasteiger partial charge in [-0.1, -0.05) is 48.5 Å². The van der Waals surface area contributed by atoms with Gasteiger partial charge in [0.25, 0.3) is 5.19 Å². The molecule has 4 aromatic rings. The quantitative estimate of drug-likeness (QED) is 0.377. The van der Waals surface area contributed by atoms with Gasteiger partial charge in [-0.05, 0) is 52.9 Å². The molecular formula is C27H25N3O3S. The first-order chi connectivity index (χ1) is 16.7. The topological polar surface area (TPSA) is 64.6 Å². The molecule has 5 rings (SSSR count). The Labute approximate surface area is 203 Å². The molecule has 1 aromatic heterocycles. The molecule has 0 unspecified atom stereocenters. The molecule has 0 radical (unpaired) electrons. The smallest absolute Gasteiger partial charge is 0.298 e. The molecule has 7 heteroatoms. The van der Waals surface area contributed by atoms with E-state index in [-0.39, 0.29) is 5.91 Å². The van der Waals surface area contributed by atoms with E-state index in [4.69, 9.17) is 9.47 Å². The molecule has 0 aliphatic carbocycles. The predicted molar refractivity (Wildman–Crippen MR) is 131 cm³/mol. The van der Waals surface area contributed by atoms with E-state index in [0.717, 1.165) is 29.8 Å². The molecule has 6 nitrogen and oxygen atoms in total. The van der Waals surface area contributed by atoms with E-state index in [1.807, 2.05) is 59.5 Å². The Balaban J connectivity index is 1.16. The zero-order valence-corrected chi connectivity index (χ0v) is 19.8. The van der Waals surface area contributed by atoms with Crippen LogP contribution in [0.25, 0.3) is 0 Å². The lowest BCUT2D eigenvalue weighted by Crippen LogP contribution is -2.36. The number of methoxy groups -OCH3 is 1. The van der Waals surface area contributed by atoms with Crippen LogP contribution in [0.15, 0.2) is 72.8 Å². The molecule has 0 spiro atoms. The maximum absolute atomic E-state index is 12.8. The van der Waals surface area contributed by atoms with Gasteiger partial charge in [0.1, 0.15) is 11.5 Å². The third-order valence-electron chi connectivity index (χ3n) is 5.91. The molecule has 0 saturated heterocycles. The number of rotatable bonds is 7. The maximum Gasteiger partial charge on any atom is 0.298 e. The van der Waals surface area contributed by atoms with Gasteiger partial charge < -0.3 is 14.4 Å². The first-order valence-electron chi connectivity index (χ1n) is 11.2. The number of hydrogen-bond acceptors (Lipinski definition) is 6. The van der Waals surface area contributed by atoms with E-state index in [1.54, 1.807) is 7.11 Å². The van der Waals surface area contributed by atoms with Crippen molar-refractivity contribution in [2.75, 3.05) is 13.7 Å². The number of aromatic nitrogens is 2. The van der Waals surface area contributed by atoms with Crippen molar-refractivity contribution in [2.45, 2.75) is 25.8 Å². The summed E-state index contributed by atoms with van der Waals surface area (Å²) in [5.74, 6) is 2.34. The van der Waals surface area contributed by atoms with Gasteiger partial charge in [-0.15, -0.1) is 0 Å². The van der Waals surface area contributed by atoms with Crippen LogP contribution in [0.4, 0.5) is 0 Å². The second-order valence-electron chi connectivity index (χ2n) is 8.26. The van der Waals surface area contributed by atoms with Crippen LogP contribution in [0.2, 0.25) is 0 Å². The molecule has 2 heterocycles. The normalized spacial score (nSPS) is 12.8. The summed E-state index contributed by atoms with van der Waals surface area (Å²) in [5.41, 5.74) is 4.63. The molecule has 0 N–H and O–H groups in total. The lowest BCUT2D eigenvalue weighted by atomic mass is 9.99. The highest BCUT2D eigenvalue weighted by Crippen LogP contribution is 2.25. The lowest BCUT2D eigenvalue weighted by Gasteiger charge is -2.29. The van der Waals surface area contributed by atoms with Crippen LogP contribution in [0.3, 0.4) is 0 Å². The molecular weight excluding hydrogens is 446 g/mol. The SMILES string of the molecule is COc1cccc(Cc2nsc(Oc3ccc(CC(=O)N4CCc5ccccc5C4)cc3)n2)c1. The van der Waals surface area contributed by atoms with Gasteiger partial charge in [0.2, 0.25) is 5.91 Å². The molecule has 34 heavy (non-hydrogen) atoms. The van der Waals surface area contributed by atoms with Crippen LogP contribution in [-0.2, 0) is 30.6 Å². The van der Waals surface area contributed by atoms with Crippen molar-refractivity contribution < 1.29 is 14.3 Å². The van der Waals surface area contributed by atoms with Crippen molar-refractivity contribution >= 4 is 17.4 Å². The third kappa shape index (κ3) is 5.26. The standard InChI is InChI=1S/C27H25N3O3S/c1-32-24-8-4-5-20(15-24)16-25-28-27(34-29-25)33-23-11-9-19(10-12-23)17-26(31)30-14-13-21-6-2-3-7-22(21)18-30/h2-12,15H,13-14,16-18H2,1H3. The first-order valence-corrected chi connectivity index (χ1v) is 12.0. The number of ether oxygens (including phenoxy) is 2. The largest absolute Gasteiger partial charge is 0.497 e. The fourth-order valence-electron chi connectivity index (χ4n) is 4.09. The van der Waals surface area contributed by atoms with Gasteiger partial charge in [0.05, 0.1) is 13.5 Å². The highest BCUT2D eigenvalue weighted by atomic mass is 32.1. The molecule has 0 atom stereocenters. The number of carbonyl (C=O) groups is 1. The van der Waals surface area contributed by atoms with E-state index < -0.39 is 0 Å². The molecule has 3 aromatic carbocycles. The molecule has 1 amide bonds. The van der Waals surface area contributed by atoms with Crippen molar-refractivity contribution in [1.29, 1.82) is 0 Å². The summed E-state index contributed by atoms with van der Waals surface area (Å²) in [6.07, 6.45) is 1.90. The number of hydrogen-bond donors (Lipinski definition) is 0. The maximum atomic E-state index is 12.8. The summed E-state index contributed by atoms with van der Waals surface area (Å²) >= 11 is 1.23. The molecule has 0 bridgehead atoms. The highest BCUT2D eigenvalue weighted by molar-refractivity contribution is 7.07. The summed E-state index contributed by atoms with van der Waals surface area (Å²) in [6.45, 7) is 1.46. The Hall–Kier alpha value is -3.71. The van der Waals surface area contributed by atoms with Crippen LogP contribution in [0.1, 0.15) is 28.1 Å². The molecule has 172 valence electrons. The fourth-order valence-corrected chi connectivity index (χ4v) is 4.66. The Bertz CT molecular complexity index is 1290. The average Bonchev–Trinajstić information content (AvgIpc) is 3.31. The van der Waals surface area contributed by atoms with E-state index in [2.05, 4.69) is 27.6 Å². The van der Waals surface area contributed by atoms with Crippen LogP contribution in [0, 0.1) is 0 Å². The van der Waals surface area contributed by atoms with Crippen LogP contribution >= 0.6 is 11.5 Å². The van der Waals surface area contributed by atoms with Crippen molar-refractivity contribution in [3.8, 4) is 16.7 Å². The van der Waals surface area contributed by atoms with Gasteiger partial charge in [-0.2, -0.15) is 9.36 Å². The van der Waals surface area contributed by atoms with E-state index in [0.29, 0.717) is 36.2 Å². The summed E-state index contributed by atoms with van der Waals surface area (Å²) < 4.78 is 15.6. The second kappa shape index (κ2) is 10.1. The number of benzene rings is 3. The summed E-state index contributed by atoms with van der Waals surface area (Å²) in [4.78, 5) is 19.2. The van der Waals surface area contributed by atoms with Crippen LogP contribution < -0.4 is 9.47 Å². The van der Waals surface area contributed by atoms with Gasteiger partial charge >= 0.3 is 0 Å². The Morgan fingerprint density at radius 1 is 0.971 bits per heavy atom. The zero-order valence-electron chi connectivity index (χ0n) is 18.9. The lowest BCUT2D eigenvalue weighted by molar-refractivity contribution is -0.131. The number of carbonyl (C=O) groups excluding carboxylic acids is 1. The third-order valence-corrected chi connectivity index (χ3v) is 6.55. The highest BCUT2D eigenvalue weighted by Gasteiger charge is 2.20. The molecule has 1 aliphatic heterocycles. The average molecular weight is 472 g/mol. The number of fused-ring (bicyclic) bond motifs is 1. The number of amides is 1.